The molecule has 22 heavy (non-hydrogen) atoms. The topological polar surface area (TPSA) is 58.2 Å². The van der Waals surface area contributed by atoms with Crippen molar-refractivity contribution < 1.29 is 9.53 Å². The zero-order valence-electron chi connectivity index (χ0n) is 12.7. The van der Waals surface area contributed by atoms with E-state index in [1.54, 1.807) is 6.20 Å². The van der Waals surface area contributed by atoms with Gasteiger partial charge in [-0.05, 0) is 31.7 Å². The Kier molecular flexibility index (Phi) is 3.37. The van der Waals surface area contributed by atoms with Crippen LogP contribution in [0.15, 0.2) is 24.4 Å². The van der Waals surface area contributed by atoms with Crippen LogP contribution < -0.4 is 0 Å². The molecule has 0 bridgehead atoms. The lowest BCUT2D eigenvalue weighted by Gasteiger charge is -2.44. The van der Waals surface area contributed by atoms with E-state index in [2.05, 4.69) is 10.2 Å². The summed E-state index contributed by atoms with van der Waals surface area (Å²) in [5, 5.41) is 8.00. The highest BCUT2D eigenvalue weighted by atomic mass is 16.5. The highest BCUT2D eigenvalue weighted by molar-refractivity contribution is 6.05. The Morgan fingerprint density at radius 1 is 1.32 bits per heavy atom. The summed E-state index contributed by atoms with van der Waals surface area (Å²) in [7, 11) is 0. The monoisotopic (exact) mass is 299 g/mol. The number of amides is 1. The van der Waals surface area contributed by atoms with Crippen LogP contribution in [0, 0.1) is 5.41 Å². The largest absolute Gasteiger partial charge is 0.381 e. The average Bonchev–Trinajstić information content (AvgIpc) is 3.03. The normalized spacial score (nSPS) is 25.7. The summed E-state index contributed by atoms with van der Waals surface area (Å²) in [5.74, 6) is 0.111. The lowest BCUT2D eigenvalue weighted by molar-refractivity contribution is -0.0434. The zero-order chi connectivity index (χ0) is 15.0. The molecular weight excluding hydrogens is 278 g/mol. The van der Waals surface area contributed by atoms with E-state index in [1.807, 2.05) is 23.1 Å². The van der Waals surface area contributed by atoms with Crippen molar-refractivity contribution in [3.8, 4) is 0 Å². The number of para-hydroxylation sites is 1. The highest BCUT2D eigenvalue weighted by Gasteiger charge is 2.39. The molecule has 2 fully saturated rings. The molecular formula is C17H21N3O2. The molecule has 5 heteroatoms. The van der Waals surface area contributed by atoms with E-state index in [0.29, 0.717) is 0 Å². The number of aromatic nitrogens is 2. The van der Waals surface area contributed by atoms with E-state index in [0.717, 1.165) is 55.6 Å². The minimum Gasteiger partial charge on any atom is -0.381 e. The van der Waals surface area contributed by atoms with Crippen LogP contribution in [0.25, 0.3) is 10.9 Å². The van der Waals surface area contributed by atoms with Crippen molar-refractivity contribution in [2.24, 2.45) is 5.41 Å². The van der Waals surface area contributed by atoms with E-state index >= 15 is 0 Å². The van der Waals surface area contributed by atoms with Gasteiger partial charge in [0, 0.05) is 30.5 Å². The van der Waals surface area contributed by atoms with Gasteiger partial charge in [0.1, 0.15) is 0 Å². The Morgan fingerprint density at radius 2 is 2.23 bits per heavy atom. The molecule has 1 aromatic carbocycles. The second kappa shape index (κ2) is 5.39. The number of fused-ring (bicyclic) bond motifs is 1. The van der Waals surface area contributed by atoms with Crippen LogP contribution in [-0.4, -0.2) is 47.3 Å². The molecule has 2 aliphatic heterocycles. The number of nitrogens with one attached hydrogen (secondary N) is 1. The molecule has 1 N–H and O–H groups in total. The third-order valence-electron chi connectivity index (χ3n) is 5.06. The molecule has 2 aromatic rings. The van der Waals surface area contributed by atoms with E-state index < -0.39 is 0 Å². The van der Waals surface area contributed by atoms with Gasteiger partial charge in [-0.2, -0.15) is 5.10 Å². The lowest BCUT2D eigenvalue weighted by atomic mass is 9.75. The van der Waals surface area contributed by atoms with E-state index in [4.69, 9.17) is 4.74 Å². The number of nitrogens with zero attached hydrogens (tertiary/aromatic N) is 2. The van der Waals surface area contributed by atoms with Crippen molar-refractivity contribution in [2.75, 3.05) is 26.3 Å². The number of hydrogen-bond donors (Lipinski definition) is 1. The van der Waals surface area contributed by atoms with Gasteiger partial charge in [-0.3, -0.25) is 9.89 Å². The summed E-state index contributed by atoms with van der Waals surface area (Å²) >= 11 is 0. The van der Waals surface area contributed by atoms with Gasteiger partial charge >= 0.3 is 0 Å². The van der Waals surface area contributed by atoms with Gasteiger partial charge in [0.2, 0.25) is 0 Å². The van der Waals surface area contributed by atoms with Gasteiger partial charge in [-0.1, -0.05) is 12.1 Å². The maximum absolute atomic E-state index is 13.0. The average molecular weight is 299 g/mol. The van der Waals surface area contributed by atoms with Gasteiger partial charge in [0.25, 0.3) is 5.91 Å². The molecule has 4 rings (SSSR count). The van der Waals surface area contributed by atoms with Gasteiger partial charge in [-0.15, -0.1) is 0 Å². The second-order valence-corrected chi connectivity index (χ2v) is 6.63. The number of hydrogen-bond acceptors (Lipinski definition) is 3. The number of carbonyl (C=O) groups is 1. The molecule has 1 unspecified atom stereocenters. The molecule has 116 valence electrons. The number of ether oxygens (including phenoxy) is 1. The number of carbonyl (C=O) groups excluding carboxylic acids is 1. The van der Waals surface area contributed by atoms with Crippen LogP contribution in [0.2, 0.25) is 0 Å². The fourth-order valence-electron chi connectivity index (χ4n) is 3.93. The number of rotatable bonds is 1. The van der Waals surface area contributed by atoms with Crippen molar-refractivity contribution >= 4 is 16.8 Å². The zero-order valence-corrected chi connectivity index (χ0v) is 12.7. The summed E-state index contributed by atoms with van der Waals surface area (Å²) in [5.41, 5.74) is 1.74. The van der Waals surface area contributed by atoms with Crippen molar-refractivity contribution in [3.63, 3.8) is 0 Å². The van der Waals surface area contributed by atoms with Crippen LogP contribution in [-0.2, 0) is 4.74 Å². The lowest BCUT2D eigenvalue weighted by Crippen LogP contribution is -2.49. The minimum atomic E-state index is 0.111. The smallest absolute Gasteiger partial charge is 0.256 e. The molecule has 0 saturated carbocycles. The van der Waals surface area contributed by atoms with Crippen molar-refractivity contribution in [3.05, 3.63) is 30.0 Å². The summed E-state index contributed by atoms with van der Waals surface area (Å²) in [6, 6.07) is 5.79. The number of H-pyrrole nitrogens is 1. The first-order valence-electron chi connectivity index (χ1n) is 8.07. The summed E-state index contributed by atoms with van der Waals surface area (Å²) < 4.78 is 5.70. The first-order chi connectivity index (χ1) is 10.8. The fraction of sp³-hybridized carbons (Fsp3) is 0.529. The molecule has 0 aliphatic carbocycles. The number of piperidine rings is 1. The molecule has 2 saturated heterocycles. The van der Waals surface area contributed by atoms with Crippen molar-refractivity contribution in [1.29, 1.82) is 0 Å². The van der Waals surface area contributed by atoms with Crippen LogP contribution in [0.5, 0.6) is 0 Å². The van der Waals surface area contributed by atoms with Crippen LogP contribution in [0.1, 0.15) is 36.0 Å². The second-order valence-electron chi connectivity index (χ2n) is 6.63. The van der Waals surface area contributed by atoms with Crippen LogP contribution >= 0.6 is 0 Å². The predicted octanol–water partition coefficient (Wildman–Crippen LogP) is 2.60. The van der Waals surface area contributed by atoms with Crippen LogP contribution in [0.3, 0.4) is 0 Å². The molecule has 0 radical (unpaired) electrons. The predicted molar refractivity (Wildman–Crippen MR) is 83.7 cm³/mol. The standard InChI is InChI=1S/C17H21N3O2/c21-16(14-5-1-4-13-10-18-19-15(13)14)20-8-2-6-17(11-20)7-3-9-22-12-17/h1,4-5,10H,2-3,6-9,11-12H2,(H,18,19). The Balaban J connectivity index is 1.61. The maximum Gasteiger partial charge on any atom is 0.256 e. The molecule has 1 aromatic heterocycles. The Labute approximate surface area is 129 Å². The quantitative estimate of drug-likeness (QED) is 0.880. The number of benzene rings is 1. The molecule has 1 atom stereocenters. The Bertz CT molecular complexity index is 683. The first-order valence-corrected chi connectivity index (χ1v) is 8.07. The van der Waals surface area contributed by atoms with E-state index in [1.165, 1.54) is 12.8 Å². The number of aromatic amines is 1. The van der Waals surface area contributed by atoms with E-state index in [9.17, 15) is 4.79 Å². The third-order valence-corrected chi connectivity index (χ3v) is 5.06. The molecule has 1 spiro atoms. The molecule has 5 nitrogen and oxygen atoms in total. The molecule has 2 aliphatic rings. The molecule has 1 amide bonds. The Hall–Kier alpha value is -1.88. The molecule has 3 heterocycles. The minimum absolute atomic E-state index is 0.111. The first kappa shape index (κ1) is 13.8. The van der Waals surface area contributed by atoms with E-state index in [-0.39, 0.29) is 11.3 Å². The maximum atomic E-state index is 13.0. The third kappa shape index (κ3) is 2.29. The summed E-state index contributed by atoms with van der Waals surface area (Å²) in [4.78, 5) is 15.0. The van der Waals surface area contributed by atoms with Gasteiger partial charge in [0.15, 0.2) is 0 Å². The SMILES string of the molecule is O=C(c1cccc2cn[nH]c12)N1CCCC2(CCCOC2)C1. The summed E-state index contributed by atoms with van der Waals surface area (Å²) in [6.07, 6.45) is 6.28. The fourth-order valence-corrected chi connectivity index (χ4v) is 3.93. The van der Waals surface area contributed by atoms with Gasteiger partial charge < -0.3 is 9.64 Å². The van der Waals surface area contributed by atoms with Crippen LogP contribution in [0.4, 0.5) is 0 Å². The van der Waals surface area contributed by atoms with Crippen molar-refractivity contribution in [2.45, 2.75) is 25.7 Å². The van der Waals surface area contributed by atoms with Crippen molar-refractivity contribution in [1.82, 2.24) is 15.1 Å². The number of likely N-dealkylation sites (tertiary alicyclic amines) is 1. The van der Waals surface area contributed by atoms with Gasteiger partial charge in [-0.25, -0.2) is 0 Å². The Morgan fingerprint density at radius 3 is 3.09 bits per heavy atom. The van der Waals surface area contributed by atoms with Gasteiger partial charge in [0.05, 0.1) is 23.9 Å². The highest BCUT2D eigenvalue weighted by Crippen LogP contribution is 2.38. The summed E-state index contributed by atoms with van der Waals surface area (Å²) in [6.45, 7) is 3.32.